The number of imide groups is 1. The number of alkyl halides is 3. The minimum Gasteiger partial charge on any atom is -0.355 e. The van der Waals surface area contributed by atoms with Gasteiger partial charge in [0.25, 0.3) is 11.8 Å². The summed E-state index contributed by atoms with van der Waals surface area (Å²) in [5, 5.41) is 10.2. The third kappa shape index (κ3) is 5.29. The number of nitrogens with zero attached hydrogens (tertiary/aromatic N) is 3. The van der Waals surface area contributed by atoms with Crippen LogP contribution in [0, 0.1) is 6.92 Å². The number of halogens is 5. The number of hydrogen-bond donors (Lipinski definition) is 3. The van der Waals surface area contributed by atoms with Gasteiger partial charge >= 0.3 is 12.2 Å². The number of nitrogens with one attached hydrogen (secondary N) is 3. The average Bonchev–Trinajstić information content (AvgIpc) is 3.21. The SMILES string of the molecule is CNC(=O)c1cc(Cl)cc(C)c1NC(=O)NC(=O)c1cc(C(F)(F)F)nn1-c1ncccc1Cl. The molecule has 14 heteroatoms. The molecule has 0 atom stereocenters. The summed E-state index contributed by atoms with van der Waals surface area (Å²) in [6.45, 7) is 1.56. The molecule has 178 valence electrons. The Morgan fingerprint density at radius 2 is 1.79 bits per heavy atom. The van der Waals surface area contributed by atoms with Crippen molar-refractivity contribution < 1.29 is 27.6 Å². The van der Waals surface area contributed by atoms with Crippen LogP contribution in [0.15, 0.2) is 36.5 Å². The van der Waals surface area contributed by atoms with Gasteiger partial charge in [-0.25, -0.2) is 14.5 Å². The summed E-state index contributed by atoms with van der Waals surface area (Å²) in [5.41, 5.74) is -1.58. The van der Waals surface area contributed by atoms with E-state index in [9.17, 15) is 27.6 Å². The van der Waals surface area contributed by atoms with Crippen LogP contribution in [0.2, 0.25) is 10.0 Å². The second-order valence-corrected chi connectivity index (χ2v) is 7.61. The lowest BCUT2D eigenvalue weighted by Gasteiger charge is -2.14. The van der Waals surface area contributed by atoms with Crippen LogP contribution in [-0.4, -0.2) is 39.7 Å². The molecule has 0 saturated heterocycles. The smallest absolute Gasteiger partial charge is 0.355 e. The van der Waals surface area contributed by atoms with E-state index in [1.54, 1.807) is 6.92 Å². The van der Waals surface area contributed by atoms with Crippen LogP contribution in [0.1, 0.15) is 32.1 Å². The Hall–Kier alpha value is -3.64. The summed E-state index contributed by atoms with van der Waals surface area (Å²) < 4.78 is 40.3. The van der Waals surface area contributed by atoms with Gasteiger partial charge < -0.3 is 10.6 Å². The zero-order chi connectivity index (χ0) is 25.2. The average molecular weight is 515 g/mol. The van der Waals surface area contributed by atoms with Crippen molar-refractivity contribution in [2.45, 2.75) is 13.1 Å². The molecule has 34 heavy (non-hydrogen) atoms. The van der Waals surface area contributed by atoms with Crippen LogP contribution in [-0.2, 0) is 6.18 Å². The van der Waals surface area contributed by atoms with Crippen molar-refractivity contribution in [3.05, 3.63) is 69.1 Å². The molecule has 0 unspecified atom stereocenters. The lowest BCUT2D eigenvalue weighted by molar-refractivity contribution is -0.141. The van der Waals surface area contributed by atoms with Crippen LogP contribution in [0.25, 0.3) is 5.82 Å². The first-order chi connectivity index (χ1) is 15.9. The molecule has 0 saturated carbocycles. The van der Waals surface area contributed by atoms with E-state index in [0.717, 1.165) is 0 Å². The molecule has 0 radical (unpaired) electrons. The number of anilines is 1. The maximum atomic E-state index is 13.3. The monoisotopic (exact) mass is 514 g/mol. The summed E-state index contributed by atoms with van der Waals surface area (Å²) in [6, 6.07) is 4.89. The molecule has 0 fully saturated rings. The van der Waals surface area contributed by atoms with E-state index in [1.807, 2.05) is 5.32 Å². The fraction of sp³-hybridized carbons (Fsp3) is 0.150. The standard InChI is InChI=1S/C20H15Cl2F3N6O3/c1-9-6-10(21)7-11(17(32)26-2)15(9)28-19(34)29-18(33)13-8-14(20(23,24)25)30-31(13)16-12(22)4-3-5-27-16/h3-8H,1-2H3,(H,26,32)(H2,28,29,33,34). The molecule has 9 nitrogen and oxygen atoms in total. The van der Waals surface area contributed by atoms with Gasteiger partial charge in [0.1, 0.15) is 5.69 Å². The number of rotatable bonds is 4. The van der Waals surface area contributed by atoms with Gasteiger partial charge in [0.05, 0.1) is 16.3 Å². The van der Waals surface area contributed by atoms with E-state index in [1.165, 1.54) is 37.5 Å². The molecule has 3 N–H and O–H groups in total. The molecular formula is C20H15Cl2F3N6O3. The summed E-state index contributed by atoms with van der Waals surface area (Å²) >= 11 is 12.0. The van der Waals surface area contributed by atoms with E-state index in [2.05, 4.69) is 20.7 Å². The molecule has 0 spiro atoms. The van der Waals surface area contributed by atoms with Crippen molar-refractivity contribution in [1.82, 2.24) is 25.4 Å². The van der Waals surface area contributed by atoms with Gasteiger partial charge in [-0.15, -0.1) is 0 Å². The first-order valence-corrected chi connectivity index (χ1v) is 10.1. The molecule has 0 bridgehead atoms. The molecule has 0 aliphatic carbocycles. The third-order valence-electron chi connectivity index (χ3n) is 4.41. The highest BCUT2D eigenvalue weighted by atomic mass is 35.5. The topological polar surface area (TPSA) is 118 Å². The Labute approximate surface area is 200 Å². The van der Waals surface area contributed by atoms with E-state index in [0.29, 0.717) is 16.3 Å². The van der Waals surface area contributed by atoms with Gasteiger partial charge in [-0.1, -0.05) is 23.2 Å². The molecule has 3 aromatic rings. The number of carbonyl (C=O) groups is 3. The van der Waals surface area contributed by atoms with Gasteiger partial charge in [-0.05, 0) is 36.8 Å². The Morgan fingerprint density at radius 3 is 2.41 bits per heavy atom. The number of hydrogen-bond acceptors (Lipinski definition) is 5. The van der Waals surface area contributed by atoms with Crippen molar-refractivity contribution in [3.8, 4) is 5.82 Å². The summed E-state index contributed by atoms with van der Waals surface area (Å²) in [5.74, 6) is -2.04. The number of benzene rings is 1. The zero-order valence-electron chi connectivity index (χ0n) is 17.4. The molecular weight excluding hydrogens is 500 g/mol. The van der Waals surface area contributed by atoms with Gasteiger partial charge in [-0.3, -0.25) is 14.9 Å². The zero-order valence-corrected chi connectivity index (χ0v) is 18.9. The molecule has 0 aliphatic rings. The van der Waals surface area contributed by atoms with Crippen molar-refractivity contribution in [2.75, 3.05) is 12.4 Å². The fourth-order valence-corrected chi connectivity index (χ4v) is 3.39. The van der Waals surface area contributed by atoms with Gasteiger partial charge in [-0.2, -0.15) is 18.3 Å². The number of aryl methyl sites for hydroxylation is 1. The van der Waals surface area contributed by atoms with Crippen molar-refractivity contribution in [1.29, 1.82) is 0 Å². The van der Waals surface area contributed by atoms with E-state index in [4.69, 9.17) is 23.2 Å². The maximum Gasteiger partial charge on any atom is 0.435 e. The summed E-state index contributed by atoms with van der Waals surface area (Å²) in [7, 11) is 1.37. The lowest BCUT2D eigenvalue weighted by Crippen LogP contribution is -2.36. The second kappa shape index (κ2) is 9.69. The van der Waals surface area contributed by atoms with Crippen LogP contribution < -0.4 is 16.0 Å². The summed E-state index contributed by atoms with van der Waals surface area (Å²) in [6.07, 6.45) is -3.64. The molecule has 0 aliphatic heterocycles. The Balaban J connectivity index is 1.94. The van der Waals surface area contributed by atoms with E-state index < -0.39 is 35.4 Å². The Bertz CT molecular complexity index is 1290. The minimum absolute atomic E-state index is 0.0137. The molecule has 2 heterocycles. The van der Waals surface area contributed by atoms with Crippen LogP contribution in [0.5, 0.6) is 0 Å². The number of urea groups is 1. The van der Waals surface area contributed by atoms with Crippen LogP contribution in [0.4, 0.5) is 23.7 Å². The maximum absolute atomic E-state index is 13.3. The largest absolute Gasteiger partial charge is 0.435 e. The highest BCUT2D eigenvalue weighted by Crippen LogP contribution is 2.30. The Kier molecular flexibility index (Phi) is 7.12. The molecule has 1 aromatic carbocycles. The molecule has 2 aromatic heterocycles. The quantitative estimate of drug-likeness (QED) is 0.481. The number of pyridine rings is 1. The Morgan fingerprint density at radius 1 is 1.09 bits per heavy atom. The lowest BCUT2D eigenvalue weighted by atomic mass is 10.1. The van der Waals surface area contributed by atoms with E-state index >= 15 is 0 Å². The minimum atomic E-state index is -4.88. The van der Waals surface area contributed by atoms with E-state index in [-0.39, 0.29) is 27.1 Å². The predicted molar refractivity (Wildman–Crippen MR) is 117 cm³/mol. The molecule has 3 rings (SSSR count). The molecule has 4 amide bonds. The van der Waals surface area contributed by atoms with Crippen LogP contribution >= 0.6 is 23.2 Å². The first kappa shape index (κ1) is 25.0. The number of aromatic nitrogens is 3. The number of carbonyl (C=O) groups excluding carboxylic acids is 3. The first-order valence-electron chi connectivity index (χ1n) is 9.35. The normalized spacial score (nSPS) is 11.1. The predicted octanol–water partition coefficient (Wildman–Crippen LogP) is 4.22. The number of amides is 4. The van der Waals surface area contributed by atoms with Crippen molar-refractivity contribution >= 4 is 46.7 Å². The highest BCUT2D eigenvalue weighted by Gasteiger charge is 2.37. The van der Waals surface area contributed by atoms with Gasteiger partial charge in [0.15, 0.2) is 11.5 Å². The van der Waals surface area contributed by atoms with Crippen LogP contribution in [0.3, 0.4) is 0 Å². The van der Waals surface area contributed by atoms with Crippen molar-refractivity contribution in [3.63, 3.8) is 0 Å². The second-order valence-electron chi connectivity index (χ2n) is 6.77. The van der Waals surface area contributed by atoms with Gasteiger partial charge in [0, 0.05) is 24.3 Å². The third-order valence-corrected chi connectivity index (χ3v) is 4.92. The van der Waals surface area contributed by atoms with Gasteiger partial charge in [0.2, 0.25) is 0 Å². The fourth-order valence-electron chi connectivity index (χ4n) is 2.91. The van der Waals surface area contributed by atoms with Crippen molar-refractivity contribution in [2.24, 2.45) is 0 Å². The highest BCUT2D eigenvalue weighted by molar-refractivity contribution is 6.32. The summed E-state index contributed by atoms with van der Waals surface area (Å²) in [4.78, 5) is 41.3.